The Morgan fingerprint density at radius 3 is 2.38 bits per heavy atom. The van der Waals surface area contributed by atoms with Crippen molar-refractivity contribution in [2.24, 2.45) is 0 Å². The first-order chi connectivity index (χ1) is 15.5. The third-order valence-electron chi connectivity index (χ3n) is 5.99. The molecule has 0 saturated carbocycles. The number of carbonyl (C=O) groups excluding carboxylic acids is 1. The molecule has 1 fully saturated rings. The molecule has 6 heteroatoms. The first-order valence-corrected chi connectivity index (χ1v) is 10.9. The maximum absolute atomic E-state index is 12.5. The monoisotopic (exact) mass is 427 g/mol. The van der Waals surface area contributed by atoms with Crippen molar-refractivity contribution in [3.63, 3.8) is 0 Å². The van der Waals surface area contributed by atoms with Crippen LogP contribution < -0.4 is 5.32 Å². The molecule has 0 bridgehead atoms. The zero-order chi connectivity index (χ0) is 22.5. The minimum atomic E-state index is -0.281. The minimum absolute atomic E-state index is 0.281. The Labute approximate surface area is 189 Å². The Hall–Kier alpha value is -3.51. The van der Waals surface area contributed by atoms with E-state index < -0.39 is 0 Å². The zero-order valence-corrected chi connectivity index (χ0v) is 18.7. The highest BCUT2D eigenvalue weighted by Gasteiger charge is 2.21. The van der Waals surface area contributed by atoms with Gasteiger partial charge in [0.1, 0.15) is 5.69 Å². The van der Waals surface area contributed by atoms with Crippen LogP contribution in [0.2, 0.25) is 0 Å². The summed E-state index contributed by atoms with van der Waals surface area (Å²) in [6.45, 7) is 6.37. The van der Waals surface area contributed by atoms with E-state index >= 15 is 0 Å². The smallest absolute Gasteiger partial charge is 0.275 e. The summed E-state index contributed by atoms with van der Waals surface area (Å²) < 4.78 is 0. The van der Waals surface area contributed by atoms with E-state index in [1.165, 1.54) is 6.20 Å². The predicted octanol–water partition coefficient (Wildman–Crippen LogP) is 4.39. The summed E-state index contributed by atoms with van der Waals surface area (Å²) in [5.41, 5.74) is 4.73. The summed E-state index contributed by atoms with van der Waals surface area (Å²) in [4.78, 5) is 26.0. The van der Waals surface area contributed by atoms with Gasteiger partial charge < -0.3 is 15.1 Å². The molecule has 0 spiro atoms. The zero-order valence-electron chi connectivity index (χ0n) is 18.7. The molecule has 1 aliphatic heterocycles. The van der Waals surface area contributed by atoms with Gasteiger partial charge in [0, 0.05) is 36.1 Å². The number of hydrogen-bond acceptors (Lipinski definition) is 5. The molecule has 0 radical (unpaired) electrons. The molecule has 6 nitrogen and oxygen atoms in total. The Bertz CT molecular complexity index is 1070. The van der Waals surface area contributed by atoms with E-state index in [0.29, 0.717) is 11.7 Å². The largest absolute Gasteiger partial charge is 0.371 e. The third kappa shape index (κ3) is 5.03. The summed E-state index contributed by atoms with van der Waals surface area (Å²) >= 11 is 0. The lowest BCUT2D eigenvalue weighted by atomic mass is 10.0. The van der Waals surface area contributed by atoms with Gasteiger partial charge in [0.15, 0.2) is 0 Å². The van der Waals surface area contributed by atoms with Gasteiger partial charge in [-0.3, -0.25) is 9.78 Å². The normalized spacial score (nSPS) is 14.4. The highest BCUT2D eigenvalue weighted by molar-refractivity contribution is 6.02. The van der Waals surface area contributed by atoms with E-state index in [9.17, 15) is 4.79 Å². The van der Waals surface area contributed by atoms with Crippen molar-refractivity contribution in [3.8, 4) is 11.3 Å². The Kier molecular flexibility index (Phi) is 6.61. The molecule has 1 saturated heterocycles. The number of anilines is 1. The van der Waals surface area contributed by atoms with Crippen LogP contribution in [0.15, 0.2) is 73.6 Å². The summed E-state index contributed by atoms with van der Waals surface area (Å²) in [5.74, 6) is -0.281. The average Bonchev–Trinajstić information content (AvgIpc) is 2.84. The van der Waals surface area contributed by atoms with Crippen molar-refractivity contribution >= 4 is 17.3 Å². The molecule has 0 atom stereocenters. The number of aromatic nitrogens is 2. The minimum Gasteiger partial charge on any atom is -0.371 e. The van der Waals surface area contributed by atoms with Crippen molar-refractivity contribution in [3.05, 3.63) is 84.8 Å². The van der Waals surface area contributed by atoms with Crippen molar-refractivity contribution in [1.82, 2.24) is 19.8 Å². The van der Waals surface area contributed by atoms with Crippen LogP contribution in [0.5, 0.6) is 0 Å². The molecule has 2 aromatic carbocycles. The SMILES string of the molecule is C=C(c1ccc(-c2cncc(C(=O)Nc3ccccc3)n2)cc1)N1CCC(N(C)C)CC1. The molecule has 3 aromatic rings. The molecular formula is C26H29N5O. The standard InChI is InChI=1S/C26H29N5O/c1-19(31-15-13-23(14-16-31)30(2)3)20-9-11-21(12-10-20)24-17-27-18-25(29-24)26(32)28-22-7-5-4-6-8-22/h4-12,17-18,23H,1,13-16H2,2-3H3,(H,28,32). The molecule has 2 heterocycles. The fraction of sp³-hybridized carbons (Fsp3) is 0.269. The van der Waals surface area contributed by atoms with Gasteiger partial charge in [0.2, 0.25) is 0 Å². The second-order valence-electron chi connectivity index (χ2n) is 8.32. The van der Waals surface area contributed by atoms with Gasteiger partial charge in [0.25, 0.3) is 5.91 Å². The van der Waals surface area contributed by atoms with Crippen LogP contribution in [0.3, 0.4) is 0 Å². The van der Waals surface area contributed by atoms with Crippen molar-refractivity contribution < 1.29 is 4.79 Å². The number of nitrogens with one attached hydrogen (secondary N) is 1. The topological polar surface area (TPSA) is 61.4 Å². The lowest BCUT2D eigenvalue weighted by molar-refractivity contribution is 0.102. The van der Waals surface area contributed by atoms with Gasteiger partial charge in [-0.05, 0) is 44.6 Å². The lowest BCUT2D eigenvalue weighted by Gasteiger charge is -2.37. The van der Waals surface area contributed by atoms with E-state index in [0.717, 1.165) is 48.4 Å². The molecule has 1 N–H and O–H groups in total. The first kappa shape index (κ1) is 21.7. The molecule has 164 valence electrons. The second-order valence-corrected chi connectivity index (χ2v) is 8.32. The molecular weight excluding hydrogens is 398 g/mol. The van der Waals surface area contributed by atoms with E-state index in [1.807, 2.05) is 42.5 Å². The van der Waals surface area contributed by atoms with Gasteiger partial charge in [-0.15, -0.1) is 0 Å². The lowest BCUT2D eigenvalue weighted by Crippen LogP contribution is -2.40. The third-order valence-corrected chi connectivity index (χ3v) is 5.99. The maximum atomic E-state index is 12.5. The van der Waals surface area contributed by atoms with Crippen LogP contribution in [-0.4, -0.2) is 58.9 Å². The Morgan fingerprint density at radius 2 is 1.72 bits per heavy atom. The Balaban J connectivity index is 1.43. The number of piperidine rings is 1. The molecule has 1 amide bonds. The summed E-state index contributed by atoms with van der Waals surface area (Å²) in [7, 11) is 4.30. The van der Waals surface area contributed by atoms with Crippen molar-refractivity contribution in [1.29, 1.82) is 0 Å². The van der Waals surface area contributed by atoms with Gasteiger partial charge in [0.05, 0.1) is 18.1 Å². The number of rotatable bonds is 6. The average molecular weight is 428 g/mol. The van der Waals surface area contributed by atoms with Crippen LogP contribution in [0.1, 0.15) is 28.9 Å². The quantitative estimate of drug-likeness (QED) is 0.632. The number of hydrogen-bond donors (Lipinski definition) is 1. The van der Waals surface area contributed by atoms with E-state index in [-0.39, 0.29) is 11.6 Å². The number of likely N-dealkylation sites (tertiary alicyclic amines) is 1. The van der Waals surface area contributed by atoms with Crippen molar-refractivity contribution in [2.75, 3.05) is 32.5 Å². The highest BCUT2D eigenvalue weighted by Crippen LogP contribution is 2.26. The first-order valence-electron chi connectivity index (χ1n) is 10.9. The maximum Gasteiger partial charge on any atom is 0.275 e. The summed E-state index contributed by atoms with van der Waals surface area (Å²) in [6, 6.07) is 18.1. The Morgan fingerprint density at radius 1 is 1.03 bits per heavy atom. The van der Waals surface area contributed by atoms with Gasteiger partial charge in [-0.25, -0.2) is 4.98 Å². The fourth-order valence-electron chi connectivity index (χ4n) is 4.00. The molecule has 0 aliphatic carbocycles. The molecule has 32 heavy (non-hydrogen) atoms. The summed E-state index contributed by atoms with van der Waals surface area (Å²) in [5, 5.41) is 2.85. The van der Waals surface area contributed by atoms with Crippen LogP contribution in [0.4, 0.5) is 5.69 Å². The van der Waals surface area contributed by atoms with Gasteiger partial charge >= 0.3 is 0 Å². The molecule has 4 rings (SSSR count). The van der Waals surface area contributed by atoms with E-state index in [2.05, 4.69) is 57.9 Å². The van der Waals surface area contributed by atoms with Gasteiger partial charge in [-0.2, -0.15) is 0 Å². The van der Waals surface area contributed by atoms with Crippen LogP contribution >= 0.6 is 0 Å². The predicted molar refractivity (Wildman–Crippen MR) is 129 cm³/mol. The molecule has 1 aliphatic rings. The van der Waals surface area contributed by atoms with Crippen LogP contribution in [-0.2, 0) is 0 Å². The van der Waals surface area contributed by atoms with Crippen molar-refractivity contribution in [2.45, 2.75) is 18.9 Å². The van der Waals surface area contributed by atoms with E-state index in [4.69, 9.17) is 0 Å². The fourth-order valence-corrected chi connectivity index (χ4v) is 4.00. The van der Waals surface area contributed by atoms with Crippen LogP contribution in [0.25, 0.3) is 17.0 Å². The van der Waals surface area contributed by atoms with Gasteiger partial charge in [-0.1, -0.05) is 49.0 Å². The van der Waals surface area contributed by atoms with Crippen LogP contribution in [0, 0.1) is 0 Å². The second kappa shape index (κ2) is 9.75. The molecule has 1 aromatic heterocycles. The van der Waals surface area contributed by atoms with E-state index in [1.54, 1.807) is 6.20 Å². The number of benzene rings is 2. The highest BCUT2D eigenvalue weighted by atomic mass is 16.1. The number of nitrogens with zero attached hydrogens (tertiary/aromatic N) is 4. The summed E-state index contributed by atoms with van der Waals surface area (Å²) in [6.07, 6.45) is 5.46. The molecule has 0 unspecified atom stereocenters. The number of carbonyl (C=O) groups is 1. The number of para-hydroxylation sites is 1. The number of amides is 1.